The number of amides is 1. The number of pyridine rings is 1. The Labute approximate surface area is 213 Å². The number of benzene rings is 2. The molecule has 0 aliphatic carbocycles. The van der Waals surface area contributed by atoms with Crippen LogP contribution >= 0.6 is 11.3 Å². The van der Waals surface area contributed by atoms with Crippen molar-refractivity contribution in [1.29, 1.82) is 0 Å². The Hall–Kier alpha value is -3.36. The highest BCUT2D eigenvalue weighted by Crippen LogP contribution is 2.46. The van der Waals surface area contributed by atoms with E-state index in [-0.39, 0.29) is 11.7 Å². The molecule has 7 nitrogen and oxygen atoms in total. The second-order valence-corrected chi connectivity index (χ2v) is 11.1. The van der Waals surface area contributed by atoms with E-state index in [1.165, 1.54) is 16.9 Å². The fraction of sp³-hybridized carbons (Fsp3) is 0.357. The summed E-state index contributed by atoms with van der Waals surface area (Å²) < 4.78 is 13.1. The molecule has 2 aromatic heterocycles. The van der Waals surface area contributed by atoms with Gasteiger partial charge in [0.15, 0.2) is 10.8 Å². The van der Waals surface area contributed by atoms with E-state index in [9.17, 15) is 9.59 Å². The first-order valence-corrected chi connectivity index (χ1v) is 12.8. The van der Waals surface area contributed by atoms with Crippen LogP contribution in [0, 0.1) is 6.92 Å². The van der Waals surface area contributed by atoms with Crippen molar-refractivity contribution in [2.24, 2.45) is 0 Å². The number of thiazole rings is 1. The topological polar surface area (TPSA) is 90.4 Å². The van der Waals surface area contributed by atoms with Crippen LogP contribution in [0.25, 0.3) is 32.2 Å². The highest BCUT2D eigenvalue weighted by atomic mass is 32.1. The van der Waals surface area contributed by atoms with Gasteiger partial charge in [-0.3, -0.25) is 14.6 Å². The molecule has 5 rings (SSSR count). The van der Waals surface area contributed by atoms with E-state index in [0.717, 1.165) is 50.0 Å². The number of nitrogens with one attached hydrogen (secondary N) is 1. The average molecular weight is 504 g/mol. The molecule has 36 heavy (non-hydrogen) atoms. The van der Waals surface area contributed by atoms with E-state index in [4.69, 9.17) is 14.5 Å². The van der Waals surface area contributed by atoms with Crippen LogP contribution in [-0.2, 0) is 16.0 Å². The number of fused-ring (bicyclic) bond motifs is 1. The molecular formula is C28H29N3O4S. The molecule has 4 aromatic rings. The van der Waals surface area contributed by atoms with Gasteiger partial charge in [-0.2, -0.15) is 0 Å². The third kappa shape index (κ3) is 4.14. The Kier molecular flexibility index (Phi) is 6.04. The number of ketones is 1. The minimum atomic E-state index is -0.794. The van der Waals surface area contributed by atoms with Gasteiger partial charge in [-0.15, -0.1) is 11.3 Å². The summed E-state index contributed by atoms with van der Waals surface area (Å²) in [4.78, 5) is 35.0. The maximum atomic E-state index is 13.0. The summed E-state index contributed by atoms with van der Waals surface area (Å²) in [6.07, 6.45) is 1.83. The van der Waals surface area contributed by atoms with E-state index < -0.39 is 11.7 Å². The number of nitrogens with zero attached hydrogens (tertiary/aromatic N) is 2. The third-order valence-electron chi connectivity index (χ3n) is 6.29. The number of hydrogen-bond acceptors (Lipinski definition) is 7. The lowest BCUT2D eigenvalue weighted by Crippen LogP contribution is -2.27. The van der Waals surface area contributed by atoms with Gasteiger partial charge in [0.1, 0.15) is 11.9 Å². The first kappa shape index (κ1) is 24.3. The van der Waals surface area contributed by atoms with Gasteiger partial charge >= 0.3 is 0 Å². The first-order valence-electron chi connectivity index (χ1n) is 12.0. The molecule has 0 bridgehead atoms. The lowest BCUT2D eigenvalue weighted by atomic mass is 9.88. The van der Waals surface area contributed by atoms with Gasteiger partial charge in [0.25, 0.3) is 5.91 Å². The van der Waals surface area contributed by atoms with Gasteiger partial charge in [-0.25, -0.2) is 4.98 Å². The molecule has 1 aliphatic heterocycles. The summed E-state index contributed by atoms with van der Waals surface area (Å²) in [6, 6.07) is 7.92. The molecule has 1 atom stereocenters. The van der Waals surface area contributed by atoms with Gasteiger partial charge in [-0.1, -0.05) is 0 Å². The second kappa shape index (κ2) is 8.94. The predicted molar refractivity (Wildman–Crippen MR) is 142 cm³/mol. The summed E-state index contributed by atoms with van der Waals surface area (Å²) in [5, 5.41) is 4.01. The summed E-state index contributed by atoms with van der Waals surface area (Å²) in [6.45, 7) is 9.95. The molecule has 186 valence electrons. The number of Topliss-reactive ketones (excluding diaryl/α,β-unsaturated/α-hetero) is 1. The molecule has 0 radical (unpaired) electrons. The minimum Gasteiger partial charge on any atom is -0.493 e. The van der Waals surface area contributed by atoms with Crippen molar-refractivity contribution < 1.29 is 19.1 Å². The van der Waals surface area contributed by atoms with Gasteiger partial charge in [-0.05, 0) is 70.0 Å². The van der Waals surface area contributed by atoms with Gasteiger partial charge in [0.2, 0.25) is 0 Å². The van der Waals surface area contributed by atoms with Crippen LogP contribution < -0.4 is 10.1 Å². The normalized spacial score (nSPS) is 14.1. The lowest BCUT2D eigenvalue weighted by molar-refractivity contribution is -0.138. The fourth-order valence-corrected chi connectivity index (χ4v) is 5.89. The Bertz CT molecular complexity index is 1520. The first-order chi connectivity index (χ1) is 17.1. The summed E-state index contributed by atoms with van der Waals surface area (Å²) in [7, 11) is 1.59. The van der Waals surface area contributed by atoms with Crippen LogP contribution in [0.1, 0.15) is 60.3 Å². The Morgan fingerprint density at radius 1 is 1.22 bits per heavy atom. The number of carbonyl (C=O) groups is 2. The molecule has 0 saturated carbocycles. The maximum absolute atomic E-state index is 13.0. The molecule has 1 amide bonds. The van der Waals surface area contributed by atoms with Crippen molar-refractivity contribution in [3.05, 3.63) is 52.2 Å². The van der Waals surface area contributed by atoms with Crippen molar-refractivity contribution in [2.45, 2.75) is 52.7 Å². The number of aromatic nitrogens is 2. The van der Waals surface area contributed by atoms with E-state index in [1.54, 1.807) is 14.0 Å². The highest BCUT2D eigenvalue weighted by Gasteiger charge is 2.32. The molecule has 0 spiro atoms. The third-order valence-corrected chi connectivity index (χ3v) is 7.38. The maximum Gasteiger partial charge on any atom is 0.280 e. The number of rotatable bonds is 5. The van der Waals surface area contributed by atoms with Crippen LogP contribution in [0.3, 0.4) is 0 Å². The minimum absolute atomic E-state index is 0.0938. The summed E-state index contributed by atoms with van der Waals surface area (Å²) in [5.41, 5.74) is 5.45. The monoisotopic (exact) mass is 503 g/mol. The number of carbonyl (C=O) groups excluding carboxylic acids is 2. The highest BCUT2D eigenvalue weighted by molar-refractivity contribution is 7.20. The van der Waals surface area contributed by atoms with Crippen molar-refractivity contribution >= 4 is 44.1 Å². The molecule has 0 unspecified atom stereocenters. The zero-order chi connectivity index (χ0) is 25.8. The van der Waals surface area contributed by atoms with E-state index in [1.807, 2.05) is 58.2 Å². The zero-order valence-electron chi connectivity index (χ0n) is 21.3. The quantitative estimate of drug-likeness (QED) is 0.383. The van der Waals surface area contributed by atoms with E-state index >= 15 is 0 Å². The molecule has 1 N–H and O–H groups in total. The predicted octanol–water partition coefficient (Wildman–Crippen LogP) is 5.56. The van der Waals surface area contributed by atoms with Crippen molar-refractivity contribution in [3.63, 3.8) is 0 Å². The Balaban J connectivity index is 1.91. The SMILES string of the molecule is CNC(=O)c1nc2cc(C)c([C@H](OC(C)(C)C)C(C)=O)c(-c3ccc4c5c(ccnc35)CCO4)c2s1. The van der Waals surface area contributed by atoms with Crippen molar-refractivity contribution in [1.82, 2.24) is 15.3 Å². The molecule has 3 heterocycles. The van der Waals surface area contributed by atoms with Gasteiger partial charge in [0.05, 0.1) is 27.9 Å². The molecule has 0 saturated heterocycles. The summed E-state index contributed by atoms with van der Waals surface area (Å²) in [5.74, 6) is 0.459. The van der Waals surface area contributed by atoms with Crippen LogP contribution in [0.5, 0.6) is 5.75 Å². The summed E-state index contributed by atoms with van der Waals surface area (Å²) >= 11 is 1.31. The second-order valence-electron chi connectivity index (χ2n) is 10.1. The fourth-order valence-electron chi connectivity index (χ4n) is 4.82. The van der Waals surface area contributed by atoms with Crippen LogP contribution in [0.15, 0.2) is 30.5 Å². The van der Waals surface area contributed by atoms with E-state index in [0.29, 0.717) is 17.1 Å². The smallest absolute Gasteiger partial charge is 0.280 e. The van der Waals surface area contributed by atoms with Gasteiger partial charge in [0, 0.05) is 41.7 Å². The number of aryl methyl sites for hydroxylation is 1. The standard InChI is InChI=1S/C28H29N3O4S/c1-14-13-18-25(36-27(31-18)26(33)29-6)22(20(14)24(15(2)32)35-28(3,4)5)17-7-8-19-21-16(10-12-34-19)9-11-30-23(17)21/h7-9,11,13,24H,10,12H2,1-6H3,(H,29,33)/t24-/m1/s1. The molecule has 8 heteroatoms. The Morgan fingerprint density at radius 2 is 2.00 bits per heavy atom. The van der Waals surface area contributed by atoms with Crippen LogP contribution in [0.2, 0.25) is 0 Å². The van der Waals surface area contributed by atoms with Crippen LogP contribution in [0.4, 0.5) is 0 Å². The van der Waals surface area contributed by atoms with Crippen LogP contribution in [-0.4, -0.2) is 40.9 Å². The van der Waals surface area contributed by atoms with Crippen molar-refractivity contribution in [2.75, 3.05) is 13.7 Å². The number of ether oxygens (including phenoxy) is 2. The van der Waals surface area contributed by atoms with E-state index in [2.05, 4.69) is 10.3 Å². The lowest BCUT2D eigenvalue weighted by Gasteiger charge is -2.29. The van der Waals surface area contributed by atoms with Gasteiger partial charge < -0.3 is 14.8 Å². The molecule has 1 aliphatic rings. The number of hydrogen-bond donors (Lipinski definition) is 1. The molecule has 0 fully saturated rings. The molecular weight excluding hydrogens is 474 g/mol. The zero-order valence-corrected chi connectivity index (χ0v) is 22.1. The largest absolute Gasteiger partial charge is 0.493 e. The average Bonchev–Trinajstić information content (AvgIpc) is 3.25. The Morgan fingerprint density at radius 3 is 2.69 bits per heavy atom. The molecule has 2 aromatic carbocycles. The van der Waals surface area contributed by atoms with Crippen molar-refractivity contribution in [3.8, 4) is 16.9 Å².